The number of allylic oxidation sites excluding steroid dienone is 4. The molecule has 0 spiro atoms. The molecule has 3 nitrogen and oxygen atoms in total. The highest BCUT2D eigenvalue weighted by Crippen LogP contribution is 2.09. The van der Waals surface area contributed by atoms with Crippen molar-refractivity contribution >= 4 is 0 Å². The Morgan fingerprint density at radius 3 is 1.44 bits per heavy atom. The van der Waals surface area contributed by atoms with Gasteiger partial charge >= 0.3 is 0 Å². The van der Waals surface area contributed by atoms with Crippen LogP contribution in [0.15, 0.2) is 24.3 Å². The molecule has 0 bridgehead atoms. The van der Waals surface area contributed by atoms with Gasteiger partial charge in [-0.2, -0.15) is 0 Å². The fourth-order valence-corrected chi connectivity index (χ4v) is 3.96. The van der Waals surface area contributed by atoms with Crippen molar-refractivity contribution in [2.75, 3.05) is 40.5 Å². The molecule has 0 fully saturated rings. The molecule has 0 unspecified atom stereocenters. The maximum absolute atomic E-state index is 5.96. The molecule has 34 heavy (non-hydrogen) atoms. The smallest absolute Gasteiger partial charge is 0.0644 e. The predicted octanol–water partition coefficient (Wildman–Crippen LogP) is 9.12. The lowest BCUT2D eigenvalue weighted by Crippen LogP contribution is -2.37. The van der Waals surface area contributed by atoms with Crippen LogP contribution in [0.3, 0.4) is 0 Å². The summed E-state index contributed by atoms with van der Waals surface area (Å²) in [5, 5.41) is 0. The summed E-state index contributed by atoms with van der Waals surface area (Å²) >= 11 is 0. The molecule has 0 radical (unpaired) electrons. The lowest BCUT2D eigenvalue weighted by molar-refractivity contribution is 0.0197. The average molecular weight is 480 g/mol. The van der Waals surface area contributed by atoms with Gasteiger partial charge in [0, 0.05) is 13.2 Å². The second-order valence-corrected chi connectivity index (χ2v) is 10.1. The van der Waals surface area contributed by atoms with E-state index in [1.807, 2.05) is 0 Å². The van der Waals surface area contributed by atoms with E-state index in [0.717, 1.165) is 32.8 Å². The van der Waals surface area contributed by atoms with Crippen LogP contribution < -0.4 is 0 Å². The monoisotopic (exact) mass is 479 g/mol. The van der Waals surface area contributed by atoms with Crippen molar-refractivity contribution in [3.8, 4) is 0 Å². The van der Waals surface area contributed by atoms with Crippen molar-refractivity contribution in [2.24, 2.45) is 0 Å². The van der Waals surface area contributed by atoms with E-state index in [0.29, 0.717) is 6.04 Å². The number of ether oxygens (including phenoxy) is 2. The SMILES string of the molecule is CCCCCC=CCC=CCCCCCCCCOC[C@@H](COCCCCCCCC)N(C)C. The first-order valence-corrected chi connectivity index (χ1v) is 14.8. The van der Waals surface area contributed by atoms with E-state index in [4.69, 9.17) is 9.47 Å². The molecule has 0 aromatic carbocycles. The Kier molecular flexibility index (Phi) is 28.1. The van der Waals surface area contributed by atoms with Crippen LogP contribution >= 0.6 is 0 Å². The van der Waals surface area contributed by atoms with Gasteiger partial charge in [0.2, 0.25) is 0 Å². The molecule has 202 valence electrons. The quantitative estimate of drug-likeness (QED) is 0.0865. The van der Waals surface area contributed by atoms with Gasteiger partial charge in [0.05, 0.1) is 19.3 Å². The van der Waals surface area contributed by atoms with Crippen LogP contribution in [-0.2, 0) is 9.47 Å². The summed E-state index contributed by atoms with van der Waals surface area (Å²) in [7, 11) is 4.26. The molecular formula is C31H61NO2. The summed E-state index contributed by atoms with van der Waals surface area (Å²) in [6.45, 7) is 7.87. The fourth-order valence-electron chi connectivity index (χ4n) is 3.96. The van der Waals surface area contributed by atoms with Crippen molar-refractivity contribution in [1.82, 2.24) is 4.90 Å². The van der Waals surface area contributed by atoms with E-state index in [2.05, 4.69) is 57.1 Å². The summed E-state index contributed by atoms with van der Waals surface area (Å²) in [5.41, 5.74) is 0. The molecule has 0 aliphatic rings. The molecule has 0 heterocycles. The van der Waals surface area contributed by atoms with Gasteiger partial charge in [0.1, 0.15) is 0 Å². The summed E-state index contributed by atoms with van der Waals surface area (Å²) in [5.74, 6) is 0. The van der Waals surface area contributed by atoms with Gasteiger partial charge in [-0.15, -0.1) is 0 Å². The van der Waals surface area contributed by atoms with Crippen molar-refractivity contribution in [3.63, 3.8) is 0 Å². The third-order valence-corrected chi connectivity index (χ3v) is 6.48. The third-order valence-electron chi connectivity index (χ3n) is 6.48. The summed E-state index contributed by atoms with van der Waals surface area (Å²) in [4.78, 5) is 2.24. The molecule has 0 aromatic heterocycles. The normalized spacial score (nSPS) is 13.1. The largest absolute Gasteiger partial charge is 0.380 e. The average Bonchev–Trinajstić information content (AvgIpc) is 2.83. The molecule has 0 aromatic rings. The summed E-state index contributed by atoms with van der Waals surface area (Å²) in [6, 6.07) is 0.365. The molecule has 0 aliphatic carbocycles. The van der Waals surface area contributed by atoms with E-state index in [1.54, 1.807) is 0 Å². The molecule has 0 saturated carbocycles. The zero-order chi connectivity index (χ0) is 25.0. The van der Waals surface area contributed by atoms with Crippen LogP contribution in [-0.4, -0.2) is 51.5 Å². The number of unbranched alkanes of at least 4 members (excludes halogenated alkanes) is 14. The Labute approximate surface area is 214 Å². The first-order chi connectivity index (χ1) is 16.7. The predicted molar refractivity (Wildman–Crippen MR) is 152 cm³/mol. The molecule has 0 aliphatic heterocycles. The van der Waals surface area contributed by atoms with Gasteiger partial charge in [-0.05, 0) is 59.0 Å². The van der Waals surface area contributed by atoms with E-state index in [1.165, 1.54) is 109 Å². The Hall–Kier alpha value is -0.640. The minimum absolute atomic E-state index is 0.365. The number of nitrogens with zero attached hydrogens (tertiary/aromatic N) is 1. The second-order valence-electron chi connectivity index (χ2n) is 10.1. The zero-order valence-corrected chi connectivity index (χ0v) is 23.7. The van der Waals surface area contributed by atoms with Crippen LogP contribution in [0.5, 0.6) is 0 Å². The van der Waals surface area contributed by atoms with Crippen molar-refractivity contribution < 1.29 is 9.47 Å². The Morgan fingerprint density at radius 1 is 0.529 bits per heavy atom. The maximum atomic E-state index is 5.96. The van der Waals surface area contributed by atoms with Crippen molar-refractivity contribution in [2.45, 2.75) is 135 Å². The molecule has 0 N–H and O–H groups in total. The highest BCUT2D eigenvalue weighted by molar-refractivity contribution is 4.92. The Morgan fingerprint density at radius 2 is 0.941 bits per heavy atom. The molecule has 0 saturated heterocycles. The van der Waals surface area contributed by atoms with Gasteiger partial charge < -0.3 is 14.4 Å². The van der Waals surface area contributed by atoms with E-state index >= 15 is 0 Å². The van der Waals surface area contributed by atoms with Crippen LogP contribution in [0.2, 0.25) is 0 Å². The van der Waals surface area contributed by atoms with E-state index in [-0.39, 0.29) is 0 Å². The molecular weight excluding hydrogens is 418 g/mol. The van der Waals surface area contributed by atoms with Gasteiger partial charge in [-0.1, -0.05) is 109 Å². The number of likely N-dealkylation sites (N-methyl/N-ethyl adjacent to an activating group) is 1. The zero-order valence-electron chi connectivity index (χ0n) is 23.7. The van der Waals surface area contributed by atoms with Crippen molar-refractivity contribution in [3.05, 3.63) is 24.3 Å². The van der Waals surface area contributed by atoms with Gasteiger partial charge in [-0.3, -0.25) is 0 Å². The first kappa shape index (κ1) is 33.4. The third kappa shape index (κ3) is 26.0. The molecule has 0 amide bonds. The van der Waals surface area contributed by atoms with Gasteiger partial charge in [0.15, 0.2) is 0 Å². The molecule has 1 atom stereocenters. The van der Waals surface area contributed by atoms with Crippen LogP contribution in [0, 0.1) is 0 Å². The number of hydrogen-bond acceptors (Lipinski definition) is 3. The Bertz CT molecular complexity index is 433. The Balaban J connectivity index is 3.44. The van der Waals surface area contributed by atoms with Crippen LogP contribution in [0.1, 0.15) is 129 Å². The number of hydrogen-bond donors (Lipinski definition) is 0. The lowest BCUT2D eigenvalue weighted by Gasteiger charge is -2.24. The van der Waals surface area contributed by atoms with Gasteiger partial charge in [-0.25, -0.2) is 0 Å². The van der Waals surface area contributed by atoms with Crippen LogP contribution in [0.4, 0.5) is 0 Å². The van der Waals surface area contributed by atoms with Gasteiger partial charge in [0.25, 0.3) is 0 Å². The van der Waals surface area contributed by atoms with Crippen LogP contribution in [0.25, 0.3) is 0 Å². The second kappa shape index (κ2) is 28.6. The topological polar surface area (TPSA) is 21.7 Å². The molecule has 0 rings (SSSR count). The summed E-state index contributed by atoms with van der Waals surface area (Å²) in [6.07, 6.45) is 32.7. The van der Waals surface area contributed by atoms with E-state index in [9.17, 15) is 0 Å². The maximum Gasteiger partial charge on any atom is 0.0644 e. The molecule has 3 heteroatoms. The van der Waals surface area contributed by atoms with Crippen molar-refractivity contribution in [1.29, 1.82) is 0 Å². The highest BCUT2D eigenvalue weighted by atomic mass is 16.5. The fraction of sp³-hybridized carbons (Fsp3) is 0.871. The highest BCUT2D eigenvalue weighted by Gasteiger charge is 2.11. The lowest BCUT2D eigenvalue weighted by atomic mass is 10.1. The first-order valence-electron chi connectivity index (χ1n) is 14.8. The standard InChI is InChI=1S/C31H61NO2/c1-5-7-9-11-13-14-15-16-17-18-19-20-21-22-24-26-28-34-30-31(32(3)4)29-33-27-25-23-12-10-8-6-2/h13-14,16-17,31H,5-12,15,18-30H2,1-4H3/t31-/m1/s1. The summed E-state index contributed by atoms with van der Waals surface area (Å²) < 4.78 is 11.9. The van der Waals surface area contributed by atoms with E-state index < -0.39 is 0 Å². The number of rotatable bonds is 27. The minimum atomic E-state index is 0.365. The minimum Gasteiger partial charge on any atom is -0.380 e.